The number of hydrogen-bond acceptors (Lipinski definition) is 3. The number of likely N-dealkylation sites (tertiary alicyclic amines) is 1. The number of carbonyl (C=O) groups is 1. The lowest BCUT2D eigenvalue weighted by Gasteiger charge is -2.40. The van der Waals surface area contributed by atoms with Crippen LogP contribution in [0.15, 0.2) is 18.2 Å². The second-order valence-corrected chi connectivity index (χ2v) is 8.37. The van der Waals surface area contributed by atoms with Gasteiger partial charge in [-0.15, -0.1) is 0 Å². The van der Waals surface area contributed by atoms with Crippen molar-refractivity contribution in [2.75, 3.05) is 13.1 Å². The van der Waals surface area contributed by atoms with Crippen LogP contribution in [0.4, 0.5) is 4.79 Å². The number of aryl methyl sites for hydroxylation is 1. The van der Waals surface area contributed by atoms with Crippen LogP contribution in [0.5, 0.6) is 0 Å². The normalized spacial score (nSPS) is 17.7. The van der Waals surface area contributed by atoms with Gasteiger partial charge in [0.2, 0.25) is 0 Å². The lowest BCUT2D eigenvalue weighted by Crippen LogP contribution is -2.53. The molecule has 0 aromatic heterocycles. The summed E-state index contributed by atoms with van der Waals surface area (Å²) in [6, 6.07) is 6.17. The average Bonchev–Trinajstić information content (AvgIpc) is 2.47. The van der Waals surface area contributed by atoms with Crippen molar-refractivity contribution in [1.82, 2.24) is 10.2 Å². The molecule has 1 aliphatic heterocycles. The Hall–Kier alpha value is -1.26. The topological polar surface area (TPSA) is 41.6 Å². The summed E-state index contributed by atoms with van der Waals surface area (Å²) in [5.74, 6) is 0. The minimum absolute atomic E-state index is 0.0237. The van der Waals surface area contributed by atoms with E-state index in [2.05, 4.69) is 18.3 Å². The van der Waals surface area contributed by atoms with Crippen LogP contribution in [-0.2, 0) is 11.3 Å². The SMILES string of the molecule is Cc1ccc(CNC2(C)CCN(C(=O)OC(C)(C)C)CC2)cc1Cl. The molecule has 1 fully saturated rings. The van der Waals surface area contributed by atoms with E-state index in [1.807, 2.05) is 39.8 Å². The van der Waals surface area contributed by atoms with Crippen molar-refractivity contribution in [3.05, 3.63) is 34.3 Å². The number of amides is 1. The molecule has 134 valence electrons. The second kappa shape index (κ2) is 7.32. The first-order chi connectivity index (χ1) is 11.1. The number of halogens is 1. The predicted molar refractivity (Wildman–Crippen MR) is 98.5 cm³/mol. The van der Waals surface area contributed by atoms with Gasteiger partial charge in [0, 0.05) is 30.2 Å². The van der Waals surface area contributed by atoms with Crippen LogP contribution in [0.2, 0.25) is 5.02 Å². The van der Waals surface area contributed by atoms with Crippen LogP contribution in [-0.4, -0.2) is 35.2 Å². The van der Waals surface area contributed by atoms with Gasteiger partial charge in [-0.2, -0.15) is 0 Å². The fourth-order valence-electron chi connectivity index (χ4n) is 2.75. The van der Waals surface area contributed by atoms with Crippen LogP contribution in [0, 0.1) is 6.92 Å². The van der Waals surface area contributed by atoms with E-state index in [-0.39, 0.29) is 11.6 Å². The van der Waals surface area contributed by atoms with Crippen molar-refractivity contribution in [2.45, 2.75) is 65.1 Å². The molecule has 24 heavy (non-hydrogen) atoms. The molecule has 0 atom stereocenters. The predicted octanol–water partition coefficient (Wildman–Crippen LogP) is 4.53. The summed E-state index contributed by atoms with van der Waals surface area (Å²) in [6.07, 6.45) is 1.60. The van der Waals surface area contributed by atoms with Gasteiger partial charge >= 0.3 is 6.09 Å². The first-order valence-electron chi connectivity index (χ1n) is 8.56. The van der Waals surface area contributed by atoms with Gasteiger partial charge in [-0.05, 0) is 64.7 Å². The molecular weight excluding hydrogens is 324 g/mol. The molecule has 1 saturated heterocycles. The summed E-state index contributed by atoms with van der Waals surface area (Å²) in [4.78, 5) is 13.9. The molecule has 0 unspecified atom stereocenters. The molecule has 1 heterocycles. The molecule has 0 aliphatic carbocycles. The van der Waals surface area contributed by atoms with Crippen molar-refractivity contribution < 1.29 is 9.53 Å². The molecule has 1 amide bonds. The molecule has 0 spiro atoms. The van der Waals surface area contributed by atoms with E-state index in [9.17, 15) is 4.79 Å². The first kappa shape index (κ1) is 19.1. The quantitative estimate of drug-likeness (QED) is 0.869. The molecular formula is C19H29ClN2O2. The van der Waals surface area contributed by atoms with Gasteiger partial charge in [0.25, 0.3) is 0 Å². The van der Waals surface area contributed by atoms with Gasteiger partial charge in [0.1, 0.15) is 5.60 Å². The van der Waals surface area contributed by atoms with E-state index in [4.69, 9.17) is 16.3 Å². The Morgan fingerprint density at radius 2 is 1.96 bits per heavy atom. The molecule has 0 bridgehead atoms. The maximum Gasteiger partial charge on any atom is 0.410 e. The van der Waals surface area contributed by atoms with Gasteiger partial charge < -0.3 is 15.0 Å². The van der Waals surface area contributed by atoms with Gasteiger partial charge in [0.05, 0.1) is 0 Å². The summed E-state index contributed by atoms with van der Waals surface area (Å²) >= 11 is 6.19. The first-order valence-corrected chi connectivity index (χ1v) is 8.94. The van der Waals surface area contributed by atoms with Crippen LogP contribution in [0.3, 0.4) is 0 Å². The van der Waals surface area contributed by atoms with E-state index in [0.717, 1.165) is 30.0 Å². The maximum absolute atomic E-state index is 12.1. The van der Waals surface area contributed by atoms with Gasteiger partial charge in [-0.1, -0.05) is 23.7 Å². The number of piperidine rings is 1. The number of carbonyl (C=O) groups excluding carboxylic acids is 1. The van der Waals surface area contributed by atoms with E-state index >= 15 is 0 Å². The highest BCUT2D eigenvalue weighted by Gasteiger charge is 2.33. The van der Waals surface area contributed by atoms with Gasteiger partial charge in [-0.25, -0.2) is 4.79 Å². The summed E-state index contributed by atoms with van der Waals surface area (Å²) in [6.45, 7) is 12.1. The standard InChI is InChI=1S/C19H29ClN2O2/c1-14-6-7-15(12-16(14)20)13-21-19(5)8-10-22(11-9-19)17(23)24-18(2,3)4/h6-7,12,21H,8-11,13H2,1-5H3. The third-order valence-electron chi connectivity index (χ3n) is 4.47. The van der Waals surface area contributed by atoms with Crippen LogP contribution in [0.1, 0.15) is 51.7 Å². The summed E-state index contributed by atoms with van der Waals surface area (Å²) in [5, 5.41) is 4.44. The van der Waals surface area contributed by atoms with Crippen molar-refractivity contribution in [1.29, 1.82) is 0 Å². The Kier molecular flexibility index (Phi) is 5.82. The molecule has 2 rings (SSSR count). The highest BCUT2D eigenvalue weighted by Crippen LogP contribution is 2.24. The maximum atomic E-state index is 12.1. The summed E-state index contributed by atoms with van der Waals surface area (Å²) in [7, 11) is 0. The van der Waals surface area contributed by atoms with E-state index in [0.29, 0.717) is 13.1 Å². The summed E-state index contributed by atoms with van der Waals surface area (Å²) < 4.78 is 5.45. The van der Waals surface area contributed by atoms with Crippen molar-refractivity contribution >= 4 is 17.7 Å². The fraction of sp³-hybridized carbons (Fsp3) is 0.632. The van der Waals surface area contributed by atoms with Crippen LogP contribution < -0.4 is 5.32 Å². The number of rotatable bonds is 3. The van der Waals surface area contributed by atoms with Gasteiger partial charge in [0.15, 0.2) is 0 Å². The van der Waals surface area contributed by atoms with E-state index in [1.165, 1.54) is 5.56 Å². The zero-order valence-corrected chi connectivity index (χ0v) is 16.2. The lowest BCUT2D eigenvalue weighted by molar-refractivity contribution is 0.0157. The molecule has 0 saturated carbocycles. The smallest absolute Gasteiger partial charge is 0.410 e. The molecule has 5 heteroatoms. The lowest BCUT2D eigenvalue weighted by atomic mass is 9.89. The third kappa shape index (κ3) is 5.38. The number of ether oxygens (including phenoxy) is 1. The second-order valence-electron chi connectivity index (χ2n) is 7.97. The molecule has 0 radical (unpaired) electrons. The summed E-state index contributed by atoms with van der Waals surface area (Å²) in [5.41, 5.74) is 1.86. The Morgan fingerprint density at radius 1 is 1.33 bits per heavy atom. The Balaban J connectivity index is 1.85. The highest BCUT2D eigenvalue weighted by atomic mass is 35.5. The average molecular weight is 353 g/mol. The molecule has 1 aromatic rings. The zero-order chi connectivity index (χ0) is 18.0. The zero-order valence-electron chi connectivity index (χ0n) is 15.4. The van der Waals surface area contributed by atoms with Crippen LogP contribution in [0.25, 0.3) is 0 Å². The Labute approximate surface area is 150 Å². The monoisotopic (exact) mass is 352 g/mol. The Bertz CT molecular complexity index is 588. The number of nitrogens with zero attached hydrogens (tertiary/aromatic N) is 1. The number of hydrogen-bond donors (Lipinski definition) is 1. The van der Waals surface area contributed by atoms with E-state index < -0.39 is 5.60 Å². The molecule has 1 aliphatic rings. The largest absolute Gasteiger partial charge is 0.444 e. The third-order valence-corrected chi connectivity index (χ3v) is 4.88. The van der Waals surface area contributed by atoms with Crippen molar-refractivity contribution in [3.8, 4) is 0 Å². The van der Waals surface area contributed by atoms with E-state index in [1.54, 1.807) is 4.90 Å². The fourth-order valence-corrected chi connectivity index (χ4v) is 2.95. The van der Waals surface area contributed by atoms with Crippen LogP contribution >= 0.6 is 11.6 Å². The molecule has 4 nitrogen and oxygen atoms in total. The van der Waals surface area contributed by atoms with Crippen molar-refractivity contribution in [3.63, 3.8) is 0 Å². The molecule has 1 aromatic carbocycles. The highest BCUT2D eigenvalue weighted by molar-refractivity contribution is 6.31. The number of benzene rings is 1. The minimum Gasteiger partial charge on any atom is -0.444 e. The minimum atomic E-state index is -0.444. The molecule has 1 N–H and O–H groups in total. The number of nitrogens with one attached hydrogen (secondary N) is 1. The van der Waals surface area contributed by atoms with Crippen molar-refractivity contribution in [2.24, 2.45) is 0 Å². The van der Waals surface area contributed by atoms with Gasteiger partial charge in [-0.3, -0.25) is 0 Å². The Morgan fingerprint density at radius 3 is 2.50 bits per heavy atom.